The molecule has 0 spiro atoms. The summed E-state index contributed by atoms with van der Waals surface area (Å²) >= 11 is 0. The lowest BCUT2D eigenvalue weighted by Gasteiger charge is -2.36. The van der Waals surface area contributed by atoms with Crippen LogP contribution in [0.5, 0.6) is 5.75 Å². The number of ether oxygens (including phenoxy) is 1. The minimum Gasteiger partial charge on any atom is -0.495 e. The topological polar surface area (TPSA) is 117 Å². The van der Waals surface area contributed by atoms with E-state index in [0.717, 1.165) is 43.6 Å². The molecule has 0 saturated carbocycles. The molecular formula is C27H33N5O4. The molecule has 3 aliphatic rings. The summed E-state index contributed by atoms with van der Waals surface area (Å²) in [5, 5.41) is 6.03. The molecule has 3 heterocycles. The molecule has 4 N–H and O–H groups in total. The van der Waals surface area contributed by atoms with E-state index in [1.165, 1.54) is 11.3 Å². The van der Waals surface area contributed by atoms with Crippen LogP contribution in [0.4, 0.5) is 17.1 Å². The number of hydrogen-bond donors (Lipinski definition) is 3. The number of imide groups is 1. The van der Waals surface area contributed by atoms with Gasteiger partial charge in [-0.05, 0) is 49.4 Å². The second-order valence-electron chi connectivity index (χ2n) is 9.71. The van der Waals surface area contributed by atoms with Crippen LogP contribution in [0.25, 0.3) is 0 Å². The predicted molar refractivity (Wildman–Crippen MR) is 138 cm³/mol. The summed E-state index contributed by atoms with van der Waals surface area (Å²) in [6.07, 6.45) is 3.41. The van der Waals surface area contributed by atoms with Gasteiger partial charge in [-0.25, -0.2) is 0 Å². The maximum Gasteiger partial charge on any atom is 0.255 e. The van der Waals surface area contributed by atoms with Gasteiger partial charge in [0.15, 0.2) is 0 Å². The van der Waals surface area contributed by atoms with Crippen LogP contribution in [0.1, 0.15) is 54.1 Å². The zero-order valence-electron chi connectivity index (χ0n) is 20.8. The Morgan fingerprint density at radius 3 is 2.61 bits per heavy atom. The molecule has 0 aromatic heterocycles. The first-order valence-corrected chi connectivity index (χ1v) is 12.6. The van der Waals surface area contributed by atoms with Crippen molar-refractivity contribution in [3.05, 3.63) is 47.0 Å². The fourth-order valence-corrected chi connectivity index (χ4v) is 5.59. The Labute approximate surface area is 211 Å². The Morgan fingerprint density at radius 2 is 1.92 bits per heavy atom. The first-order chi connectivity index (χ1) is 17.4. The van der Waals surface area contributed by atoms with Gasteiger partial charge in [-0.15, -0.1) is 0 Å². The number of nitrogen functional groups attached to an aromatic ring is 1. The number of amides is 3. The minimum atomic E-state index is -0.608. The highest BCUT2D eigenvalue weighted by Crippen LogP contribution is 2.36. The van der Waals surface area contributed by atoms with Crippen molar-refractivity contribution in [3.63, 3.8) is 0 Å². The zero-order valence-corrected chi connectivity index (χ0v) is 20.8. The van der Waals surface area contributed by atoms with E-state index in [-0.39, 0.29) is 30.2 Å². The summed E-state index contributed by atoms with van der Waals surface area (Å²) in [4.78, 5) is 41.0. The van der Waals surface area contributed by atoms with E-state index in [2.05, 4.69) is 22.5 Å². The van der Waals surface area contributed by atoms with Gasteiger partial charge in [0.1, 0.15) is 11.8 Å². The molecule has 1 atom stereocenters. The Hall–Kier alpha value is -3.75. The second kappa shape index (κ2) is 9.72. The Morgan fingerprint density at radius 1 is 1.14 bits per heavy atom. The normalized spacial score (nSPS) is 20.4. The lowest BCUT2D eigenvalue weighted by atomic mass is 10.00. The minimum absolute atomic E-state index is 0.151. The third-order valence-corrected chi connectivity index (χ3v) is 7.59. The Kier molecular flexibility index (Phi) is 6.47. The summed E-state index contributed by atoms with van der Waals surface area (Å²) in [6.45, 7) is 4.30. The second-order valence-corrected chi connectivity index (χ2v) is 9.71. The first kappa shape index (κ1) is 24.0. The first-order valence-electron chi connectivity index (χ1n) is 12.6. The molecule has 9 nitrogen and oxygen atoms in total. The van der Waals surface area contributed by atoms with Crippen LogP contribution in [0.3, 0.4) is 0 Å². The van der Waals surface area contributed by atoms with Crippen molar-refractivity contribution in [2.45, 2.75) is 57.7 Å². The van der Waals surface area contributed by atoms with Crippen LogP contribution in [0.15, 0.2) is 30.3 Å². The maximum atomic E-state index is 13.1. The number of benzene rings is 2. The highest BCUT2D eigenvalue weighted by molar-refractivity contribution is 6.06. The summed E-state index contributed by atoms with van der Waals surface area (Å²) < 4.78 is 5.45. The van der Waals surface area contributed by atoms with Crippen LogP contribution >= 0.6 is 0 Å². The number of aryl methyl sites for hydroxylation is 1. The van der Waals surface area contributed by atoms with Gasteiger partial charge in [0.25, 0.3) is 5.91 Å². The molecule has 36 heavy (non-hydrogen) atoms. The van der Waals surface area contributed by atoms with Crippen LogP contribution < -0.4 is 26.0 Å². The number of anilines is 3. The Bertz CT molecular complexity index is 1200. The molecule has 2 saturated heterocycles. The van der Waals surface area contributed by atoms with E-state index in [9.17, 15) is 14.4 Å². The lowest BCUT2D eigenvalue weighted by molar-refractivity contribution is -0.136. The van der Waals surface area contributed by atoms with Crippen molar-refractivity contribution in [1.82, 2.24) is 10.2 Å². The molecule has 3 aliphatic heterocycles. The van der Waals surface area contributed by atoms with Gasteiger partial charge < -0.3 is 25.6 Å². The predicted octanol–water partition coefficient (Wildman–Crippen LogP) is 2.68. The molecule has 2 aromatic carbocycles. The van der Waals surface area contributed by atoms with Crippen molar-refractivity contribution in [1.29, 1.82) is 0 Å². The van der Waals surface area contributed by atoms with E-state index < -0.39 is 6.04 Å². The number of hydrogen-bond acceptors (Lipinski definition) is 7. The van der Waals surface area contributed by atoms with Crippen LogP contribution in [-0.2, 0) is 22.6 Å². The van der Waals surface area contributed by atoms with E-state index in [1.54, 1.807) is 12.0 Å². The highest BCUT2D eigenvalue weighted by atomic mass is 16.5. The van der Waals surface area contributed by atoms with E-state index in [0.29, 0.717) is 30.0 Å². The Balaban J connectivity index is 1.27. The molecule has 2 aromatic rings. The zero-order chi connectivity index (χ0) is 25.4. The molecule has 190 valence electrons. The summed E-state index contributed by atoms with van der Waals surface area (Å²) in [7, 11) is 1.64. The number of carbonyl (C=O) groups excluding carboxylic acids is 3. The largest absolute Gasteiger partial charge is 0.495 e. The van der Waals surface area contributed by atoms with Gasteiger partial charge in [0.05, 0.1) is 12.8 Å². The summed E-state index contributed by atoms with van der Waals surface area (Å²) in [6, 6.07) is 9.43. The smallest absolute Gasteiger partial charge is 0.255 e. The van der Waals surface area contributed by atoms with Gasteiger partial charge in [-0.2, -0.15) is 0 Å². The highest BCUT2D eigenvalue weighted by Gasteiger charge is 2.40. The van der Waals surface area contributed by atoms with Crippen LogP contribution in [0, 0.1) is 0 Å². The number of nitrogens with one attached hydrogen (secondary N) is 2. The maximum absolute atomic E-state index is 13.1. The number of piperidine rings is 2. The van der Waals surface area contributed by atoms with Crippen molar-refractivity contribution in [2.24, 2.45) is 0 Å². The van der Waals surface area contributed by atoms with Crippen molar-refractivity contribution in [3.8, 4) is 5.75 Å². The van der Waals surface area contributed by atoms with Crippen LogP contribution in [0.2, 0.25) is 0 Å². The van der Waals surface area contributed by atoms with E-state index in [1.807, 2.05) is 30.3 Å². The van der Waals surface area contributed by atoms with E-state index in [4.69, 9.17) is 10.5 Å². The van der Waals surface area contributed by atoms with Crippen molar-refractivity contribution >= 4 is 34.8 Å². The molecule has 2 fully saturated rings. The fraction of sp³-hybridized carbons (Fsp3) is 0.444. The van der Waals surface area contributed by atoms with Gasteiger partial charge in [0, 0.05) is 60.7 Å². The van der Waals surface area contributed by atoms with Crippen LogP contribution in [-0.4, -0.2) is 54.9 Å². The van der Waals surface area contributed by atoms with Gasteiger partial charge in [-0.3, -0.25) is 19.7 Å². The molecule has 5 rings (SSSR count). The average Bonchev–Trinajstić information content (AvgIpc) is 3.21. The molecule has 0 bridgehead atoms. The van der Waals surface area contributed by atoms with Crippen molar-refractivity contribution in [2.75, 3.05) is 36.1 Å². The standard InChI is InChI=1S/C27H33N5O4/c1-3-16-13-20(28)24(36-2)14-23(16)31-11-9-17(10-12-31)29-21-6-4-5-18-19(21)15-32(27(18)35)22-7-8-25(33)30-26(22)34/h4-6,13-14,17,22,29H,3,7-12,15,28H2,1-2H3,(H,30,33,34). The molecule has 9 heteroatoms. The molecule has 1 unspecified atom stereocenters. The third-order valence-electron chi connectivity index (χ3n) is 7.59. The third kappa shape index (κ3) is 4.34. The van der Waals surface area contributed by atoms with E-state index >= 15 is 0 Å². The monoisotopic (exact) mass is 491 g/mol. The quantitative estimate of drug-likeness (QED) is 0.420. The number of fused-ring (bicyclic) bond motifs is 1. The summed E-state index contributed by atoms with van der Waals surface area (Å²) in [5.41, 5.74) is 11.7. The van der Waals surface area contributed by atoms with Gasteiger partial charge >= 0.3 is 0 Å². The lowest BCUT2D eigenvalue weighted by Crippen LogP contribution is -2.52. The molecule has 3 amide bonds. The average molecular weight is 492 g/mol. The van der Waals surface area contributed by atoms with Crippen molar-refractivity contribution < 1.29 is 19.1 Å². The van der Waals surface area contributed by atoms with Gasteiger partial charge in [-0.1, -0.05) is 13.0 Å². The summed E-state index contributed by atoms with van der Waals surface area (Å²) in [5.74, 6) is -0.118. The number of rotatable bonds is 6. The number of nitrogens with two attached hydrogens (primary N) is 1. The molecule has 0 aliphatic carbocycles. The number of methoxy groups -OCH3 is 1. The number of carbonyl (C=O) groups is 3. The fourth-order valence-electron chi connectivity index (χ4n) is 5.59. The SMILES string of the molecule is CCc1cc(N)c(OC)cc1N1CCC(Nc2cccc3c2CN(C2CCC(=O)NC2=O)C3=O)CC1. The van der Waals surface area contributed by atoms with Gasteiger partial charge in [0.2, 0.25) is 11.8 Å². The number of nitrogens with zero attached hydrogens (tertiary/aromatic N) is 2. The molecule has 0 radical (unpaired) electrons. The molecular weight excluding hydrogens is 458 g/mol.